The van der Waals surface area contributed by atoms with Gasteiger partial charge in [-0.2, -0.15) is 10.5 Å². The highest BCUT2D eigenvalue weighted by molar-refractivity contribution is 5.49. The van der Waals surface area contributed by atoms with E-state index >= 15 is 0 Å². The lowest BCUT2D eigenvalue weighted by molar-refractivity contribution is 0.827. The molecule has 0 aromatic heterocycles. The molecule has 1 aromatic rings. The molecule has 0 unspecified atom stereocenters. The second-order valence-electron chi connectivity index (χ2n) is 3.15. The van der Waals surface area contributed by atoms with E-state index in [1.165, 1.54) is 0 Å². The summed E-state index contributed by atoms with van der Waals surface area (Å²) in [4.78, 5) is 2.12. The summed E-state index contributed by atoms with van der Waals surface area (Å²) in [7, 11) is 0. The zero-order valence-corrected chi connectivity index (χ0v) is 8.77. The first-order valence-corrected chi connectivity index (χ1v) is 4.94. The van der Waals surface area contributed by atoms with Crippen LogP contribution in [0.4, 0.5) is 5.69 Å². The highest BCUT2D eigenvalue weighted by Gasteiger charge is 2.02. The lowest BCUT2D eigenvalue weighted by Crippen LogP contribution is -2.23. The van der Waals surface area contributed by atoms with Crippen molar-refractivity contribution in [3.05, 3.63) is 29.8 Å². The topological polar surface area (TPSA) is 50.8 Å². The average molecular weight is 199 g/mol. The van der Waals surface area contributed by atoms with Crippen molar-refractivity contribution in [2.45, 2.75) is 13.3 Å². The minimum Gasteiger partial charge on any atom is -0.371 e. The van der Waals surface area contributed by atoms with Crippen molar-refractivity contribution in [2.24, 2.45) is 0 Å². The van der Waals surface area contributed by atoms with Gasteiger partial charge in [0.05, 0.1) is 24.1 Å². The van der Waals surface area contributed by atoms with Gasteiger partial charge < -0.3 is 4.90 Å². The molecule has 0 bridgehead atoms. The second-order valence-corrected chi connectivity index (χ2v) is 3.15. The summed E-state index contributed by atoms with van der Waals surface area (Å²) in [5.74, 6) is 0. The van der Waals surface area contributed by atoms with Gasteiger partial charge in [-0.3, -0.25) is 0 Å². The number of nitriles is 2. The zero-order valence-electron chi connectivity index (χ0n) is 8.77. The van der Waals surface area contributed by atoms with E-state index in [1.54, 1.807) is 12.1 Å². The van der Waals surface area contributed by atoms with Crippen molar-refractivity contribution in [1.29, 1.82) is 10.5 Å². The molecular formula is C12H13N3. The Morgan fingerprint density at radius 1 is 1.20 bits per heavy atom. The van der Waals surface area contributed by atoms with Gasteiger partial charge in [0.15, 0.2) is 0 Å². The molecular weight excluding hydrogens is 186 g/mol. The lowest BCUT2D eigenvalue weighted by Gasteiger charge is -2.21. The van der Waals surface area contributed by atoms with Gasteiger partial charge in [0.2, 0.25) is 0 Å². The van der Waals surface area contributed by atoms with E-state index in [-0.39, 0.29) is 0 Å². The third-order valence-corrected chi connectivity index (χ3v) is 2.24. The Labute approximate surface area is 90.2 Å². The van der Waals surface area contributed by atoms with Crippen LogP contribution < -0.4 is 4.90 Å². The van der Waals surface area contributed by atoms with E-state index in [4.69, 9.17) is 10.5 Å². The van der Waals surface area contributed by atoms with Crippen LogP contribution in [0.3, 0.4) is 0 Å². The van der Waals surface area contributed by atoms with Crippen LogP contribution in [-0.4, -0.2) is 13.1 Å². The fourth-order valence-corrected chi connectivity index (χ4v) is 1.40. The van der Waals surface area contributed by atoms with Gasteiger partial charge in [0, 0.05) is 18.8 Å². The molecule has 0 aliphatic rings. The molecule has 76 valence electrons. The van der Waals surface area contributed by atoms with Crippen molar-refractivity contribution in [1.82, 2.24) is 0 Å². The molecule has 0 saturated heterocycles. The Bertz CT molecular complexity index is 381. The Balaban J connectivity index is 2.75. The van der Waals surface area contributed by atoms with Crippen LogP contribution in [0.2, 0.25) is 0 Å². The van der Waals surface area contributed by atoms with E-state index in [2.05, 4.69) is 24.0 Å². The smallest absolute Gasteiger partial charge is 0.0991 e. The maximum absolute atomic E-state index is 8.66. The van der Waals surface area contributed by atoms with Crippen molar-refractivity contribution in [2.75, 3.05) is 18.0 Å². The maximum atomic E-state index is 8.66. The predicted octanol–water partition coefficient (Wildman–Crippen LogP) is 2.30. The van der Waals surface area contributed by atoms with Gasteiger partial charge in [-0.1, -0.05) is 0 Å². The number of benzene rings is 1. The summed E-state index contributed by atoms with van der Waals surface area (Å²) in [5.41, 5.74) is 1.72. The minimum absolute atomic E-state index is 0.522. The molecule has 0 aliphatic carbocycles. The summed E-state index contributed by atoms with van der Waals surface area (Å²) in [6, 6.07) is 11.6. The molecule has 15 heavy (non-hydrogen) atoms. The normalized spacial score (nSPS) is 9.00. The van der Waals surface area contributed by atoms with Crippen molar-refractivity contribution in [3.63, 3.8) is 0 Å². The van der Waals surface area contributed by atoms with Crippen LogP contribution in [-0.2, 0) is 0 Å². The van der Waals surface area contributed by atoms with E-state index in [9.17, 15) is 0 Å². The van der Waals surface area contributed by atoms with E-state index in [1.807, 2.05) is 12.1 Å². The average Bonchev–Trinajstić information content (AvgIpc) is 2.31. The molecule has 0 amide bonds. The molecule has 0 spiro atoms. The monoisotopic (exact) mass is 199 g/mol. The van der Waals surface area contributed by atoms with Gasteiger partial charge in [-0.15, -0.1) is 0 Å². The highest BCUT2D eigenvalue weighted by atomic mass is 15.1. The molecule has 0 aliphatic heterocycles. The van der Waals surface area contributed by atoms with Crippen LogP contribution in [0.25, 0.3) is 0 Å². The van der Waals surface area contributed by atoms with Crippen LogP contribution in [0.5, 0.6) is 0 Å². The molecule has 3 heteroatoms. The Hall–Kier alpha value is -2.00. The minimum atomic E-state index is 0.522. The predicted molar refractivity (Wildman–Crippen MR) is 59.3 cm³/mol. The number of anilines is 1. The van der Waals surface area contributed by atoms with Crippen LogP contribution in [0.1, 0.15) is 18.9 Å². The SMILES string of the molecule is CCN(CCC#N)c1ccc(C#N)cc1. The quantitative estimate of drug-likeness (QED) is 0.747. The number of hydrogen-bond acceptors (Lipinski definition) is 3. The fourth-order valence-electron chi connectivity index (χ4n) is 1.40. The Morgan fingerprint density at radius 3 is 2.33 bits per heavy atom. The number of hydrogen-bond donors (Lipinski definition) is 0. The van der Waals surface area contributed by atoms with E-state index < -0.39 is 0 Å². The first kappa shape index (κ1) is 11.1. The molecule has 0 radical (unpaired) electrons. The standard InChI is InChI=1S/C12H13N3/c1-2-15(9-3-8-13)12-6-4-11(10-14)5-7-12/h4-7H,2-3,9H2,1H3. The van der Waals surface area contributed by atoms with Gasteiger partial charge in [-0.25, -0.2) is 0 Å². The Morgan fingerprint density at radius 2 is 1.87 bits per heavy atom. The molecule has 0 fully saturated rings. The molecule has 0 saturated carbocycles. The largest absolute Gasteiger partial charge is 0.371 e. The second kappa shape index (κ2) is 5.67. The molecule has 3 nitrogen and oxygen atoms in total. The summed E-state index contributed by atoms with van der Waals surface area (Å²) in [5, 5.41) is 17.2. The van der Waals surface area contributed by atoms with E-state index in [0.29, 0.717) is 12.0 Å². The summed E-state index contributed by atoms with van der Waals surface area (Å²) < 4.78 is 0. The fraction of sp³-hybridized carbons (Fsp3) is 0.333. The third-order valence-electron chi connectivity index (χ3n) is 2.24. The van der Waals surface area contributed by atoms with Crippen LogP contribution in [0, 0.1) is 22.7 Å². The van der Waals surface area contributed by atoms with Crippen LogP contribution in [0.15, 0.2) is 24.3 Å². The van der Waals surface area contributed by atoms with Gasteiger partial charge >= 0.3 is 0 Å². The first-order chi connectivity index (χ1) is 7.31. The third kappa shape index (κ3) is 3.00. The number of nitrogens with zero attached hydrogens (tertiary/aromatic N) is 3. The van der Waals surface area contributed by atoms with Gasteiger partial charge in [0.1, 0.15) is 0 Å². The van der Waals surface area contributed by atoms with Gasteiger partial charge in [-0.05, 0) is 31.2 Å². The summed E-state index contributed by atoms with van der Waals surface area (Å²) >= 11 is 0. The molecule has 1 aromatic carbocycles. The van der Waals surface area contributed by atoms with Crippen LogP contribution >= 0.6 is 0 Å². The zero-order chi connectivity index (χ0) is 11.1. The lowest BCUT2D eigenvalue weighted by atomic mass is 10.2. The van der Waals surface area contributed by atoms with Crippen molar-refractivity contribution >= 4 is 5.69 Å². The van der Waals surface area contributed by atoms with E-state index in [0.717, 1.165) is 18.8 Å². The molecule has 1 rings (SSSR count). The maximum Gasteiger partial charge on any atom is 0.0991 e. The highest BCUT2D eigenvalue weighted by Crippen LogP contribution is 2.14. The van der Waals surface area contributed by atoms with Crippen molar-refractivity contribution in [3.8, 4) is 12.1 Å². The molecule has 0 heterocycles. The summed E-state index contributed by atoms with van der Waals surface area (Å²) in [6.45, 7) is 3.65. The summed E-state index contributed by atoms with van der Waals surface area (Å²) in [6.07, 6.45) is 0.522. The number of rotatable bonds is 4. The first-order valence-electron chi connectivity index (χ1n) is 4.94. The van der Waals surface area contributed by atoms with Gasteiger partial charge in [0.25, 0.3) is 0 Å². The Kier molecular flexibility index (Phi) is 4.19. The molecule has 0 atom stereocenters. The van der Waals surface area contributed by atoms with Crippen molar-refractivity contribution < 1.29 is 0 Å². The molecule has 0 N–H and O–H groups in total.